The lowest BCUT2D eigenvalue weighted by Crippen LogP contribution is -2.40. The Morgan fingerprint density at radius 1 is 0.969 bits per heavy atom. The zero-order valence-corrected chi connectivity index (χ0v) is 21.0. The first kappa shape index (κ1) is 24.7. The Bertz CT molecular complexity index is 1040. The zero-order chi connectivity index (χ0) is 23.3. The van der Waals surface area contributed by atoms with Crippen LogP contribution < -0.4 is 0 Å². The number of hydrogen-bond acceptors (Lipinski definition) is 3. The molecule has 0 aliphatic rings. The standard InChI is InChI=1S/C28H37ClN2O/c1-6-8-14-31(15-9-7-2)19-28(5,32)25-18-26(22-10-12-23(29)13-11-22)30-27-21(4)16-20(3)17-24(25)27/h10-13,16-18,32H,6-9,14-15,19H2,1-5H3. The van der Waals surface area contributed by atoms with Crippen LogP contribution in [0.3, 0.4) is 0 Å². The number of aromatic nitrogens is 1. The molecule has 1 atom stereocenters. The third-order valence-corrected chi connectivity index (χ3v) is 6.41. The lowest BCUT2D eigenvalue weighted by atomic mass is 9.89. The molecule has 3 aromatic rings. The lowest BCUT2D eigenvalue weighted by molar-refractivity contribution is 0.0162. The van der Waals surface area contributed by atoms with E-state index in [-0.39, 0.29) is 0 Å². The van der Waals surface area contributed by atoms with Crippen molar-refractivity contribution in [2.24, 2.45) is 0 Å². The van der Waals surface area contributed by atoms with E-state index in [2.05, 4.69) is 50.8 Å². The number of nitrogens with zero attached hydrogens (tertiary/aromatic N) is 2. The van der Waals surface area contributed by atoms with Gasteiger partial charge in [0.25, 0.3) is 0 Å². The van der Waals surface area contributed by atoms with Crippen LogP contribution >= 0.6 is 11.6 Å². The molecule has 0 aliphatic carbocycles. The first-order chi connectivity index (χ1) is 15.2. The van der Waals surface area contributed by atoms with Gasteiger partial charge in [0.1, 0.15) is 5.60 Å². The van der Waals surface area contributed by atoms with Gasteiger partial charge in [-0.25, -0.2) is 4.98 Å². The molecule has 1 unspecified atom stereocenters. The molecule has 172 valence electrons. The fourth-order valence-electron chi connectivity index (χ4n) is 4.45. The summed E-state index contributed by atoms with van der Waals surface area (Å²) in [5.74, 6) is 0. The summed E-state index contributed by atoms with van der Waals surface area (Å²) in [7, 11) is 0. The second-order valence-electron chi connectivity index (χ2n) is 9.30. The second kappa shape index (κ2) is 10.8. The smallest absolute Gasteiger partial charge is 0.100 e. The summed E-state index contributed by atoms with van der Waals surface area (Å²) in [5.41, 5.74) is 5.07. The van der Waals surface area contributed by atoms with Crippen LogP contribution in [0, 0.1) is 13.8 Å². The largest absolute Gasteiger partial charge is 0.384 e. The fraction of sp³-hybridized carbons (Fsp3) is 0.464. The van der Waals surface area contributed by atoms with E-state index in [1.807, 2.05) is 31.2 Å². The molecule has 1 N–H and O–H groups in total. The first-order valence-corrected chi connectivity index (χ1v) is 12.3. The summed E-state index contributed by atoms with van der Waals surface area (Å²) in [6.45, 7) is 13.2. The van der Waals surface area contributed by atoms with Crippen LogP contribution in [0.1, 0.15) is 63.1 Å². The predicted octanol–water partition coefficient (Wildman–Crippen LogP) is 7.28. The summed E-state index contributed by atoms with van der Waals surface area (Å²) in [6, 6.07) is 14.2. The molecule has 0 fully saturated rings. The SMILES string of the molecule is CCCCN(CCCC)CC(C)(O)c1cc(-c2ccc(Cl)cc2)nc2c(C)cc(C)cc12. The van der Waals surface area contributed by atoms with Crippen molar-refractivity contribution >= 4 is 22.5 Å². The molecule has 1 heterocycles. The summed E-state index contributed by atoms with van der Waals surface area (Å²) in [5, 5.41) is 13.6. The number of pyridine rings is 1. The third-order valence-electron chi connectivity index (χ3n) is 6.16. The van der Waals surface area contributed by atoms with E-state index in [1.54, 1.807) is 0 Å². The van der Waals surface area contributed by atoms with Crippen LogP contribution in [0.4, 0.5) is 0 Å². The normalized spacial score (nSPS) is 13.6. The van der Waals surface area contributed by atoms with Crippen molar-refractivity contribution in [2.45, 2.75) is 65.9 Å². The predicted molar refractivity (Wildman–Crippen MR) is 137 cm³/mol. The number of aryl methyl sites for hydroxylation is 2. The molecule has 0 saturated carbocycles. The molecule has 32 heavy (non-hydrogen) atoms. The Morgan fingerprint density at radius 3 is 2.19 bits per heavy atom. The summed E-state index contributed by atoms with van der Waals surface area (Å²) < 4.78 is 0. The highest BCUT2D eigenvalue weighted by Gasteiger charge is 2.29. The van der Waals surface area contributed by atoms with E-state index in [9.17, 15) is 5.11 Å². The number of halogens is 1. The molecule has 0 radical (unpaired) electrons. The van der Waals surface area contributed by atoms with Gasteiger partial charge in [-0.1, -0.05) is 62.1 Å². The van der Waals surface area contributed by atoms with Crippen molar-refractivity contribution in [1.82, 2.24) is 9.88 Å². The molecule has 1 aromatic heterocycles. The van der Waals surface area contributed by atoms with E-state index in [0.717, 1.165) is 72.1 Å². The molecule has 3 nitrogen and oxygen atoms in total. The highest BCUT2D eigenvalue weighted by molar-refractivity contribution is 6.30. The van der Waals surface area contributed by atoms with Crippen molar-refractivity contribution < 1.29 is 5.11 Å². The molecule has 0 aliphatic heterocycles. The summed E-state index contributed by atoms with van der Waals surface area (Å²) in [4.78, 5) is 7.42. The molecule has 0 amide bonds. The number of hydrogen-bond donors (Lipinski definition) is 1. The van der Waals surface area contributed by atoms with Crippen LogP contribution in [0.15, 0.2) is 42.5 Å². The maximum Gasteiger partial charge on any atom is 0.100 e. The monoisotopic (exact) mass is 452 g/mol. The number of unbranched alkanes of at least 4 members (excludes halogenated alkanes) is 2. The first-order valence-electron chi connectivity index (χ1n) is 11.9. The van der Waals surface area contributed by atoms with Gasteiger partial charge in [-0.05, 0) is 82.1 Å². The minimum atomic E-state index is -0.996. The van der Waals surface area contributed by atoms with E-state index in [1.165, 1.54) is 5.56 Å². The van der Waals surface area contributed by atoms with Gasteiger partial charge in [-0.2, -0.15) is 0 Å². The zero-order valence-electron chi connectivity index (χ0n) is 20.2. The fourth-order valence-corrected chi connectivity index (χ4v) is 4.57. The van der Waals surface area contributed by atoms with Gasteiger partial charge in [0.2, 0.25) is 0 Å². The molecule has 3 rings (SSSR count). The van der Waals surface area contributed by atoms with Gasteiger partial charge in [0.15, 0.2) is 0 Å². The summed E-state index contributed by atoms with van der Waals surface area (Å²) in [6.07, 6.45) is 4.60. The molecule has 2 aromatic carbocycles. The van der Waals surface area contributed by atoms with Crippen molar-refractivity contribution in [1.29, 1.82) is 0 Å². The van der Waals surface area contributed by atoms with E-state index in [0.29, 0.717) is 11.6 Å². The molecular weight excluding hydrogens is 416 g/mol. The Labute approximate surface area is 198 Å². The van der Waals surface area contributed by atoms with Crippen LogP contribution in [-0.4, -0.2) is 34.6 Å². The van der Waals surface area contributed by atoms with Gasteiger partial charge in [0, 0.05) is 22.5 Å². The van der Waals surface area contributed by atoms with Gasteiger partial charge in [-0.15, -0.1) is 0 Å². The Hall–Kier alpha value is -1.94. The third kappa shape index (κ3) is 5.89. The lowest BCUT2D eigenvalue weighted by Gasteiger charge is -2.33. The Morgan fingerprint density at radius 2 is 1.59 bits per heavy atom. The maximum absolute atomic E-state index is 11.9. The quantitative estimate of drug-likeness (QED) is 0.351. The van der Waals surface area contributed by atoms with Crippen LogP contribution in [-0.2, 0) is 5.60 Å². The molecule has 0 saturated heterocycles. The molecule has 4 heteroatoms. The van der Waals surface area contributed by atoms with E-state index < -0.39 is 5.60 Å². The van der Waals surface area contributed by atoms with Crippen molar-refractivity contribution in [2.75, 3.05) is 19.6 Å². The van der Waals surface area contributed by atoms with Crippen molar-refractivity contribution in [3.05, 3.63) is 64.2 Å². The Balaban J connectivity index is 2.12. The van der Waals surface area contributed by atoms with Gasteiger partial charge >= 0.3 is 0 Å². The maximum atomic E-state index is 11.9. The average Bonchev–Trinajstić information content (AvgIpc) is 2.75. The number of benzene rings is 2. The second-order valence-corrected chi connectivity index (χ2v) is 9.73. The average molecular weight is 453 g/mol. The Kier molecular flexibility index (Phi) is 8.32. The van der Waals surface area contributed by atoms with E-state index >= 15 is 0 Å². The van der Waals surface area contributed by atoms with Crippen molar-refractivity contribution in [3.8, 4) is 11.3 Å². The van der Waals surface area contributed by atoms with Gasteiger partial charge < -0.3 is 10.0 Å². The topological polar surface area (TPSA) is 36.4 Å². The van der Waals surface area contributed by atoms with Crippen LogP contribution in [0.5, 0.6) is 0 Å². The van der Waals surface area contributed by atoms with E-state index in [4.69, 9.17) is 16.6 Å². The number of fused-ring (bicyclic) bond motifs is 1. The minimum absolute atomic E-state index is 0.610. The molecular formula is C28H37ClN2O. The highest BCUT2D eigenvalue weighted by Crippen LogP contribution is 2.35. The summed E-state index contributed by atoms with van der Waals surface area (Å²) >= 11 is 6.12. The highest BCUT2D eigenvalue weighted by atomic mass is 35.5. The van der Waals surface area contributed by atoms with Gasteiger partial charge in [-0.3, -0.25) is 0 Å². The number of rotatable bonds is 10. The number of aliphatic hydroxyl groups is 1. The molecule has 0 spiro atoms. The van der Waals surface area contributed by atoms with Crippen LogP contribution in [0.2, 0.25) is 5.02 Å². The van der Waals surface area contributed by atoms with Crippen LogP contribution in [0.25, 0.3) is 22.2 Å². The van der Waals surface area contributed by atoms with Gasteiger partial charge in [0.05, 0.1) is 11.2 Å². The minimum Gasteiger partial charge on any atom is -0.384 e. The molecule has 0 bridgehead atoms. The van der Waals surface area contributed by atoms with Crippen molar-refractivity contribution in [3.63, 3.8) is 0 Å².